The summed E-state index contributed by atoms with van der Waals surface area (Å²) in [4.78, 5) is 24.6. The molecule has 0 spiro atoms. The number of aliphatic hydroxyl groups is 1. The first kappa shape index (κ1) is 74.0. The first-order chi connectivity index (χ1) is 38.6. The summed E-state index contributed by atoms with van der Waals surface area (Å²) in [5, 5.41) is 9.68. The standard InChI is InChI=1S/C73H122O5/c1-3-5-7-9-11-13-15-17-19-21-23-25-27-29-31-32-33-34-35-36-37-38-39-40-42-44-46-48-50-52-54-56-58-60-62-64-66-68-73(76)78-71(69-74)70-77-72(75)67-65-63-61-59-57-55-53-51-49-47-45-43-41-30-28-26-24-22-20-18-16-14-12-10-8-6-4-2/h5,7,11,13,17,19,23,25,29,31,33-34,36-37,39-40,44,46,50,52,56,58,71,74H,3-4,6,8-10,12,14-16,18,20-22,24,26-28,30,32,35,38,41-43,45,47-49,51,53-55,57,59-70H2,1-2H3/b7-5-,13-11-,19-17-,25-23-,31-29-,34-33-,37-36-,40-39-,46-44-,52-50-,58-56-. The minimum absolute atomic E-state index is 0.0841. The number of ether oxygens (including phenoxy) is 2. The van der Waals surface area contributed by atoms with Gasteiger partial charge in [-0.05, 0) is 96.3 Å². The third kappa shape index (κ3) is 64.6. The van der Waals surface area contributed by atoms with Crippen LogP contribution in [0.25, 0.3) is 0 Å². The van der Waals surface area contributed by atoms with E-state index in [0.29, 0.717) is 12.8 Å². The van der Waals surface area contributed by atoms with E-state index in [2.05, 4.69) is 148 Å². The molecule has 0 aromatic heterocycles. The van der Waals surface area contributed by atoms with Gasteiger partial charge in [0.1, 0.15) is 6.61 Å². The highest BCUT2D eigenvalue weighted by molar-refractivity contribution is 5.70. The zero-order chi connectivity index (χ0) is 56.2. The molecule has 0 aromatic rings. The van der Waals surface area contributed by atoms with Crippen LogP contribution in [0, 0.1) is 0 Å². The van der Waals surface area contributed by atoms with Crippen molar-refractivity contribution in [2.45, 2.75) is 302 Å². The van der Waals surface area contributed by atoms with Crippen molar-refractivity contribution >= 4 is 11.9 Å². The molecule has 1 atom stereocenters. The van der Waals surface area contributed by atoms with E-state index < -0.39 is 6.10 Å². The molecule has 0 aliphatic rings. The minimum Gasteiger partial charge on any atom is -0.462 e. The van der Waals surface area contributed by atoms with Crippen LogP contribution in [0.4, 0.5) is 0 Å². The summed E-state index contributed by atoms with van der Waals surface area (Å²) in [6.45, 7) is 4.03. The number of carbonyl (C=O) groups is 2. The van der Waals surface area contributed by atoms with Gasteiger partial charge in [-0.25, -0.2) is 0 Å². The molecule has 5 nitrogen and oxygen atoms in total. The van der Waals surface area contributed by atoms with Crippen molar-refractivity contribution < 1.29 is 24.2 Å². The predicted octanol–water partition coefficient (Wildman–Crippen LogP) is 22.8. The maximum atomic E-state index is 12.3. The van der Waals surface area contributed by atoms with Gasteiger partial charge in [-0.15, -0.1) is 0 Å². The molecule has 0 rings (SSSR count). The Balaban J connectivity index is 3.60. The molecule has 0 bridgehead atoms. The van der Waals surface area contributed by atoms with Crippen LogP contribution in [0.5, 0.6) is 0 Å². The number of aliphatic hydroxyl groups excluding tert-OH is 1. The first-order valence-electron chi connectivity index (χ1n) is 32.7. The van der Waals surface area contributed by atoms with Gasteiger partial charge in [0, 0.05) is 12.8 Å². The summed E-state index contributed by atoms with van der Waals surface area (Å²) in [5.41, 5.74) is 0. The van der Waals surface area contributed by atoms with Crippen LogP contribution >= 0.6 is 0 Å². The van der Waals surface area contributed by atoms with E-state index in [1.807, 2.05) is 0 Å². The van der Waals surface area contributed by atoms with Crippen molar-refractivity contribution in [3.8, 4) is 0 Å². The Hall–Kier alpha value is -3.96. The lowest BCUT2D eigenvalue weighted by Crippen LogP contribution is -2.28. The summed E-state index contributed by atoms with van der Waals surface area (Å²) in [7, 11) is 0. The molecule has 0 aliphatic heterocycles. The summed E-state index contributed by atoms with van der Waals surface area (Å²) >= 11 is 0. The zero-order valence-electron chi connectivity index (χ0n) is 50.9. The van der Waals surface area contributed by atoms with Crippen LogP contribution in [-0.2, 0) is 19.1 Å². The van der Waals surface area contributed by atoms with Gasteiger partial charge in [-0.3, -0.25) is 9.59 Å². The lowest BCUT2D eigenvalue weighted by molar-refractivity contribution is -0.161. The lowest BCUT2D eigenvalue weighted by atomic mass is 10.0. The smallest absolute Gasteiger partial charge is 0.306 e. The second kappa shape index (κ2) is 67.3. The Morgan fingerprint density at radius 1 is 0.308 bits per heavy atom. The molecule has 0 saturated heterocycles. The Morgan fingerprint density at radius 2 is 0.551 bits per heavy atom. The van der Waals surface area contributed by atoms with Crippen molar-refractivity contribution in [3.05, 3.63) is 134 Å². The summed E-state index contributed by atoms with van der Waals surface area (Å²) in [6.07, 6.45) is 100. The Morgan fingerprint density at radius 3 is 0.833 bits per heavy atom. The van der Waals surface area contributed by atoms with Crippen LogP contribution in [0.15, 0.2) is 134 Å². The van der Waals surface area contributed by atoms with E-state index in [9.17, 15) is 14.7 Å². The van der Waals surface area contributed by atoms with Gasteiger partial charge in [-0.1, -0.05) is 321 Å². The van der Waals surface area contributed by atoms with E-state index in [4.69, 9.17) is 9.47 Å². The van der Waals surface area contributed by atoms with E-state index >= 15 is 0 Å². The second-order valence-electron chi connectivity index (χ2n) is 21.5. The average Bonchev–Trinajstić information content (AvgIpc) is 3.44. The van der Waals surface area contributed by atoms with Crippen LogP contribution in [-0.4, -0.2) is 36.4 Å². The molecule has 1 unspecified atom stereocenters. The molecule has 5 heteroatoms. The number of hydrogen-bond donors (Lipinski definition) is 1. The molecule has 444 valence electrons. The molecule has 0 aliphatic carbocycles. The van der Waals surface area contributed by atoms with E-state index in [1.54, 1.807) is 0 Å². The van der Waals surface area contributed by atoms with E-state index in [-0.39, 0.29) is 25.2 Å². The van der Waals surface area contributed by atoms with Crippen LogP contribution < -0.4 is 0 Å². The Bertz CT molecular complexity index is 1600. The third-order valence-corrected chi connectivity index (χ3v) is 14.0. The number of allylic oxidation sites excluding steroid dienone is 22. The van der Waals surface area contributed by atoms with Gasteiger partial charge in [0.2, 0.25) is 0 Å². The van der Waals surface area contributed by atoms with Crippen molar-refractivity contribution in [2.24, 2.45) is 0 Å². The highest BCUT2D eigenvalue weighted by Crippen LogP contribution is 2.17. The maximum absolute atomic E-state index is 12.3. The largest absolute Gasteiger partial charge is 0.462 e. The van der Waals surface area contributed by atoms with Crippen molar-refractivity contribution in [1.29, 1.82) is 0 Å². The van der Waals surface area contributed by atoms with Gasteiger partial charge in [-0.2, -0.15) is 0 Å². The summed E-state index contributed by atoms with van der Waals surface area (Å²) in [5.74, 6) is -0.626. The molecule has 0 heterocycles. The molecule has 0 fully saturated rings. The van der Waals surface area contributed by atoms with Crippen molar-refractivity contribution in [1.82, 2.24) is 0 Å². The topological polar surface area (TPSA) is 72.8 Å². The summed E-state index contributed by atoms with van der Waals surface area (Å²) in [6, 6.07) is 0. The fourth-order valence-electron chi connectivity index (χ4n) is 9.09. The average molecular weight is 1080 g/mol. The predicted molar refractivity (Wildman–Crippen MR) is 343 cm³/mol. The quantitative estimate of drug-likeness (QED) is 0.0373. The third-order valence-electron chi connectivity index (χ3n) is 14.0. The van der Waals surface area contributed by atoms with Gasteiger partial charge in [0.25, 0.3) is 0 Å². The van der Waals surface area contributed by atoms with Crippen molar-refractivity contribution in [3.63, 3.8) is 0 Å². The van der Waals surface area contributed by atoms with Gasteiger partial charge < -0.3 is 14.6 Å². The number of rotatable bonds is 59. The number of hydrogen-bond acceptors (Lipinski definition) is 5. The van der Waals surface area contributed by atoms with Crippen LogP contribution in [0.1, 0.15) is 296 Å². The van der Waals surface area contributed by atoms with Crippen LogP contribution in [0.3, 0.4) is 0 Å². The molecular weight excluding hydrogens is 957 g/mol. The zero-order valence-corrected chi connectivity index (χ0v) is 50.9. The van der Waals surface area contributed by atoms with Gasteiger partial charge in [0.05, 0.1) is 6.61 Å². The van der Waals surface area contributed by atoms with E-state index in [0.717, 1.165) is 116 Å². The highest BCUT2D eigenvalue weighted by atomic mass is 16.6. The lowest BCUT2D eigenvalue weighted by Gasteiger charge is -2.15. The molecule has 0 radical (unpaired) electrons. The second-order valence-corrected chi connectivity index (χ2v) is 21.5. The number of unbranched alkanes of at least 4 members (excludes halogenated alkanes) is 29. The molecule has 1 N–H and O–H groups in total. The number of carbonyl (C=O) groups excluding carboxylic acids is 2. The molecule has 0 saturated carbocycles. The monoisotopic (exact) mass is 1080 g/mol. The Kier molecular flexibility index (Phi) is 63.9. The maximum Gasteiger partial charge on any atom is 0.306 e. The molecule has 0 aromatic carbocycles. The van der Waals surface area contributed by atoms with Gasteiger partial charge in [0.15, 0.2) is 6.10 Å². The van der Waals surface area contributed by atoms with E-state index in [1.165, 1.54) is 154 Å². The normalized spacial score (nSPS) is 13.1. The van der Waals surface area contributed by atoms with Gasteiger partial charge >= 0.3 is 11.9 Å². The SMILES string of the molecule is CC/C=C\C/C=C\C/C=C\C/C=C\C/C=C\C/C=C\C/C=C\C/C=C\C/C=C\C/C=C\C/C=C\CCCCCC(=O)OC(CO)COC(=O)CCCCCCCCCCCCCCCCCCCCCCCCCCCCC. The molecule has 0 amide bonds. The van der Waals surface area contributed by atoms with Crippen LogP contribution in [0.2, 0.25) is 0 Å². The minimum atomic E-state index is -0.799. The molecule has 78 heavy (non-hydrogen) atoms. The molecular formula is C73H122O5. The fourth-order valence-corrected chi connectivity index (χ4v) is 9.09. The van der Waals surface area contributed by atoms with Crippen molar-refractivity contribution in [2.75, 3.05) is 13.2 Å². The number of esters is 2. The highest BCUT2D eigenvalue weighted by Gasteiger charge is 2.16. The summed E-state index contributed by atoms with van der Waals surface area (Å²) < 4.78 is 10.7. The Labute approximate surface area is 483 Å². The first-order valence-corrected chi connectivity index (χ1v) is 32.7. The fraction of sp³-hybridized carbons (Fsp3) is 0.671.